The number of hydrogen-bond donors (Lipinski definition) is 3. The standard InChI is InChI=1S/C18H17N5O3/c1-3-11-5-4-6-12(7-11)22-16-13-17(20-8-19-16)23(9-21-13)18-15(25)14(24)10(2)26-18/h1,4-10,14-15,18,24-25H,2H3,(H,19,20,22)/t10-,14-,15-,18-/m1/s1. The smallest absolute Gasteiger partial charge is 0.167 e. The molecule has 1 fully saturated rings. The monoisotopic (exact) mass is 351 g/mol. The second-order valence-corrected chi connectivity index (χ2v) is 6.11. The van der Waals surface area contributed by atoms with E-state index in [1.807, 2.05) is 24.3 Å². The average Bonchev–Trinajstić information content (AvgIpc) is 3.19. The van der Waals surface area contributed by atoms with Crippen LogP contribution in [0.4, 0.5) is 11.5 Å². The molecular weight excluding hydrogens is 334 g/mol. The lowest BCUT2D eigenvalue weighted by Crippen LogP contribution is -2.30. The quantitative estimate of drug-likeness (QED) is 0.609. The van der Waals surface area contributed by atoms with Crippen LogP contribution < -0.4 is 5.32 Å². The van der Waals surface area contributed by atoms with Gasteiger partial charge in [0.05, 0.1) is 12.4 Å². The van der Waals surface area contributed by atoms with Crippen molar-refractivity contribution in [3.63, 3.8) is 0 Å². The number of anilines is 2. The summed E-state index contributed by atoms with van der Waals surface area (Å²) in [5.74, 6) is 3.09. The molecule has 2 aromatic heterocycles. The largest absolute Gasteiger partial charge is 0.388 e. The van der Waals surface area contributed by atoms with Crippen LogP contribution in [0.25, 0.3) is 11.2 Å². The van der Waals surface area contributed by atoms with Gasteiger partial charge in [0.15, 0.2) is 23.2 Å². The number of nitrogens with one attached hydrogen (secondary N) is 1. The van der Waals surface area contributed by atoms with Crippen LogP contribution in [0.2, 0.25) is 0 Å². The molecule has 1 saturated heterocycles. The molecule has 0 saturated carbocycles. The number of aliphatic hydroxyl groups is 2. The van der Waals surface area contributed by atoms with Crippen molar-refractivity contribution in [1.29, 1.82) is 0 Å². The summed E-state index contributed by atoms with van der Waals surface area (Å²) < 4.78 is 7.24. The number of aromatic nitrogens is 4. The molecule has 3 aromatic rings. The fourth-order valence-corrected chi connectivity index (χ4v) is 3.01. The van der Waals surface area contributed by atoms with Gasteiger partial charge in [0.25, 0.3) is 0 Å². The van der Waals surface area contributed by atoms with E-state index in [9.17, 15) is 10.2 Å². The van der Waals surface area contributed by atoms with Crippen molar-refractivity contribution in [3.05, 3.63) is 42.5 Å². The number of rotatable bonds is 3. The molecule has 3 N–H and O–H groups in total. The zero-order valence-corrected chi connectivity index (χ0v) is 13.9. The number of imidazole rings is 1. The molecule has 8 heteroatoms. The SMILES string of the molecule is C#Cc1cccc(Nc2ncnc3c2ncn3[C@@H]2O[C@H](C)[C@@H](O)[C@H]2O)c1. The Labute approximate surface area is 149 Å². The van der Waals surface area contributed by atoms with Crippen LogP contribution in [-0.2, 0) is 4.74 Å². The van der Waals surface area contributed by atoms with E-state index in [4.69, 9.17) is 11.2 Å². The highest BCUT2D eigenvalue weighted by Crippen LogP contribution is 2.32. The molecule has 0 aliphatic carbocycles. The number of aliphatic hydroxyl groups excluding tert-OH is 2. The molecule has 4 rings (SSSR count). The van der Waals surface area contributed by atoms with Crippen LogP contribution in [0, 0.1) is 12.3 Å². The molecule has 132 valence electrons. The number of hydrogen-bond acceptors (Lipinski definition) is 7. The minimum absolute atomic E-state index is 0.487. The van der Waals surface area contributed by atoms with Gasteiger partial charge in [-0.3, -0.25) is 4.57 Å². The summed E-state index contributed by atoms with van der Waals surface area (Å²) in [6.07, 6.45) is 5.06. The third-order valence-corrected chi connectivity index (χ3v) is 4.40. The number of nitrogens with zero attached hydrogens (tertiary/aromatic N) is 4. The van der Waals surface area contributed by atoms with Crippen molar-refractivity contribution in [1.82, 2.24) is 19.5 Å². The highest BCUT2D eigenvalue weighted by molar-refractivity contribution is 5.85. The van der Waals surface area contributed by atoms with Crippen LogP contribution in [0.1, 0.15) is 18.7 Å². The predicted octanol–water partition coefficient (Wildman–Crippen LogP) is 1.19. The fraction of sp³-hybridized carbons (Fsp3) is 0.278. The molecule has 4 atom stereocenters. The average molecular weight is 351 g/mol. The van der Waals surface area contributed by atoms with Gasteiger partial charge in [-0.15, -0.1) is 6.42 Å². The van der Waals surface area contributed by atoms with Crippen molar-refractivity contribution in [2.75, 3.05) is 5.32 Å². The van der Waals surface area contributed by atoms with Gasteiger partial charge in [-0.05, 0) is 25.1 Å². The predicted molar refractivity (Wildman–Crippen MR) is 94.6 cm³/mol. The minimum atomic E-state index is -1.07. The second-order valence-electron chi connectivity index (χ2n) is 6.11. The van der Waals surface area contributed by atoms with E-state index in [2.05, 4.69) is 26.2 Å². The Bertz CT molecular complexity index is 996. The van der Waals surface area contributed by atoms with Crippen LogP contribution in [0.15, 0.2) is 36.9 Å². The van der Waals surface area contributed by atoms with E-state index < -0.39 is 24.5 Å². The third kappa shape index (κ3) is 2.68. The number of terminal acetylenes is 1. The molecule has 0 amide bonds. The highest BCUT2D eigenvalue weighted by atomic mass is 16.6. The molecule has 0 unspecified atom stereocenters. The van der Waals surface area contributed by atoms with Crippen molar-refractivity contribution >= 4 is 22.7 Å². The second kappa shape index (κ2) is 6.38. The zero-order valence-electron chi connectivity index (χ0n) is 13.9. The van der Waals surface area contributed by atoms with Gasteiger partial charge < -0.3 is 20.3 Å². The lowest BCUT2D eigenvalue weighted by molar-refractivity contribution is -0.0299. The number of ether oxygens (including phenoxy) is 1. The summed E-state index contributed by atoms with van der Waals surface area (Å²) in [6, 6.07) is 7.38. The van der Waals surface area contributed by atoms with E-state index in [1.165, 1.54) is 12.7 Å². The lowest BCUT2D eigenvalue weighted by atomic mass is 10.1. The number of benzene rings is 1. The van der Waals surface area contributed by atoms with Crippen LogP contribution >= 0.6 is 0 Å². The highest BCUT2D eigenvalue weighted by Gasteiger charge is 2.42. The fourth-order valence-electron chi connectivity index (χ4n) is 3.01. The molecule has 1 aliphatic heterocycles. The topological polar surface area (TPSA) is 105 Å². The molecule has 26 heavy (non-hydrogen) atoms. The Morgan fingerprint density at radius 3 is 2.81 bits per heavy atom. The van der Waals surface area contributed by atoms with Gasteiger partial charge in [0.2, 0.25) is 0 Å². The van der Waals surface area contributed by atoms with Crippen LogP contribution in [0.3, 0.4) is 0 Å². The van der Waals surface area contributed by atoms with E-state index in [-0.39, 0.29) is 0 Å². The first-order valence-electron chi connectivity index (χ1n) is 8.11. The van der Waals surface area contributed by atoms with Crippen molar-refractivity contribution in [2.45, 2.75) is 31.5 Å². The summed E-state index contributed by atoms with van der Waals surface area (Å²) in [5.41, 5.74) is 2.52. The maximum Gasteiger partial charge on any atom is 0.167 e. The molecule has 1 aromatic carbocycles. The molecule has 1 aliphatic rings. The Balaban J connectivity index is 1.71. The third-order valence-electron chi connectivity index (χ3n) is 4.40. The van der Waals surface area contributed by atoms with Crippen molar-refractivity contribution in [2.24, 2.45) is 0 Å². The molecular formula is C18H17N5O3. The Hall–Kier alpha value is -2.99. The van der Waals surface area contributed by atoms with E-state index in [0.717, 1.165) is 11.3 Å². The van der Waals surface area contributed by atoms with Crippen LogP contribution in [-0.4, -0.2) is 48.0 Å². The first-order valence-corrected chi connectivity index (χ1v) is 8.11. The Morgan fingerprint density at radius 2 is 2.08 bits per heavy atom. The summed E-state index contributed by atoms with van der Waals surface area (Å²) in [5, 5.41) is 23.3. The lowest BCUT2D eigenvalue weighted by Gasteiger charge is -2.16. The molecule has 0 radical (unpaired) electrons. The summed E-state index contributed by atoms with van der Waals surface area (Å²) in [6.45, 7) is 1.70. The Morgan fingerprint density at radius 1 is 1.23 bits per heavy atom. The van der Waals surface area contributed by atoms with Gasteiger partial charge >= 0.3 is 0 Å². The summed E-state index contributed by atoms with van der Waals surface area (Å²) in [7, 11) is 0. The molecule has 0 bridgehead atoms. The van der Waals surface area contributed by atoms with E-state index in [1.54, 1.807) is 11.5 Å². The van der Waals surface area contributed by atoms with Gasteiger partial charge in [-0.25, -0.2) is 15.0 Å². The van der Waals surface area contributed by atoms with Gasteiger partial charge in [-0.2, -0.15) is 0 Å². The Kier molecular flexibility index (Phi) is 4.05. The van der Waals surface area contributed by atoms with Crippen molar-refractivity contribution in [3.8, 4) is 12.3 Å². The minimum Gasteiger partial charge on any atom is -0.388 e. The molecule has 8 nitrogen and oxygen atoms in total. The zero-order chi connectivity index (χ0) is 18.3. The first kappa shape index (κ1) is 16.5. The van der Waals surface area contributed by atoms with Gasteiger partial charge in [0.1, 0.15) is 18.5 Å². The molecule has 3 heterocycles. The first-order chi connectivity index (χ1) is 12.6. The van der Waals surface area contributed by atoms with E-state index >= 15 is 0 Å². The number of fused-ring (bicyclic) bond motifs is 1. The summed E-state index contributed by atoms with van der Waals surface area (Å²) in [4.78, 5) is 12.8. The molecule has 0 spiro atoms. The van der Waals surface area contributed by atoms with Gasteiger partial charge in [0, 0.05) is 11.3 Å². The normalized spacial score (nSPS) is 25.3. The summed E-state index contributed by atoms with van der Waals surface area (Å²) >= 11 is 0. The van der Waals surface area contributed by atoms with Crippen LogP contribution in [0.5, 0.6) is 0 Å². The maximum absolute atomic E-state index is 10.2. The van der Waals surface area contributed by atoms with Crippen molar-refractivity contribution < 1.29 is 14.9 Å². The van der Waals surface area contributed by atoms with E-state index in [0.29, 0.717) is 17.0 Å². The maximum atomic E-state index is 10.2. The van der Waals surface area contributed by atoms with Gasteiger partial charge in [-0.1, -0.05) is 12.0 Å².